The number of aromatic nitrogens is 2. The summed E-state index contributed by atoms with van der Waals surface area (Å²) in [7, 11) is 3.62. The van der Waals surface area contributed by atoms with Crippen LogP contribution < -0.4 is 10.1 Å². The van der Waals surface area contributed by atoms with Crippen LogP contribution in [0, 0.1) is 13.8 Å². The summed E-state index contributed by atoms with van der Waals surface area (Å²) in [6.45, 7) is 7.58. The van der Waals surface area contributed by atoms with Crippen molar-refractivity contribution in [2.45, 2.75) is 38.6 Å². The standard InChI is InChI=1S/C20H29N3O2/c1-15-7-5-6-8-18(15)20(9-11-25-12-10-20)14-21-13-17-16(2)22-23(3)19(17)24-4/h5-8,21H,9-14H2,1-4H3. The van der Waals surface area contributed by atoms with Gasteiger partial charge in [0.05, 0.1) is 18.4 Å². The maximum Gasteiger partial charge on any atom is 0.216 e. The first-order valence-corrected chi connectivity index (χ1v) is 8.98. The number of methoxy groups -OCH3 is 1. The first-order valence-electron chi connectivity index (χ1n) is 8.98. The molecule has 0 aliphatic carbocycles. The zero-order valence-electron chi connectivity index (χ0n) is 15.8. The Balaban J connectivity index is 1.78. The normalized spacial score (nSPS) is 16.8. The van der Waals surface area contributed by atoms with Crippen LogP contribution in [0.25, 0.3) is 0 Å². The van der Waals surface area contributed by atoms with E-state index in [4.69, 9.17) is 9.47 Å². The molecule has 1 N–H and O–H groups in total. The van der Waals surface area contributed by atoms with E-state index in [1.165, 1.54) is 11.1 Å². The van der Waals surface area contributed by atoms with Crippen molar-refractivity contribution in [3.05, 3.63) is 46.6 Å². The fourth-order valence-corrected chi connectivity index (χ4v) is 4.04. The maximum absolute atomic E-state index is 5.65. The molecule has 2 aromatic rings. The number of hydrogen-bond acceptors (Lipinski definition) is 4. The number of hydrogen-bond donors (Lipinski definition) is 1. The molecule has 2 heterocycles. The molecule has 25 heavy (non-hydrogen) atoms. The summed E-state index contributed by atoms with van der Waals surface area (Å²) in [5, 5.41) is 8.15. The summed E-state index contributed by atoms with van der Waals surface area (Å²) in [5.74, 6) is 0.835. The van der Waals surface area contributed by atoms with E-state index in [1.807, 2.05) is 14.0 Å². The van der Waals surface area contributed by atoms with Gasteiger partial charge in [-0.15, -0.1) is 0 Å². The van der Waals surface area contributed by atoms with Crippen molar-refractivity contribution in [2.24, 2.45) is 7.05 Å². The van der Waals surface area contributed by atoms with Crippen LogP contribution in [0.1, 0.15) is 35.2 Å². The van der Waals surface area contributed by atoms with Crippen LogP contribution in [0.2, 0.25) is 0 Å². The summed E-state index contributed by atoms with van der Waals surface area (Å²) < 4.78 is 13.0. The second kappa shape index (κ2) is 7.58. The van der Waals surface area contributed by atoms with E-state index in [0.29, 0.717) is 0 Å². The van der Waals surface area contributed by atoms with Crippen LogP contribution in [0.15, 0.2) is 24.3 Å². The highest BCUT2D eigenvalue weighted by Crippen LogP contribution is 2.36. The van der Waals surface area contributed by atoms with Gasteiger partial charge in [0.25, 0.3) is 0 Å². The molecule has 0 unspecified atom stereocenters. The summed E-state index contributed by atoms with van der Waals surface area (Å²) in [6, 6.07) is 8.75. The van der Waals surface area contributed by atoms with Crippen molar-refractivity contribution in [2.75, 3.05) is 26.9 Å². The van der Waals surface area contributed by atoms with Crippen LogP contribution in [-0.4, -0.2) is 36.6 Å². The van der Waals surface area contributed by atoms with Crippen molar-refractivity contribution >= 4 is 0 Å². The zero-order chi connectivity index (χ0) is 17.9. The zero-order valence-corrected chi connectivity index (χ0v) is 15.8. The van der Waals surface area contributed by atoms with E-state index in [0.717, 1.165) is 56.3 Å². The van der Waals surface area contributed by atoms with E-state index in [2.05, 4.69) is 41.6 Å². The molecule has 136 valence electrons. The maximum atomic E-state index is 5.65. The van der Waals surface area contributed by atoms with Crippen LogP contribution in [0.3, 0.4) is 0 Å². The lowest BCUT2D eigenvalue weighted by molar-refractivity contribution is 0.0495. The lowest BCUT2D eigenvalue weighted by Crippen LogP contribution is -2.43. The summed E-state index contributed by atoms with van der Waals surface area (Å²) in [6.07, 6.45) is 2.10. The van der Waals surface area contributed by atoms with Crippen molar-refractivity contribution in [3.63, 3.8) is 0 Å². The number of nitrogens with one attached hydrogen (secondary N) is 1. The van der Waals surface area contributed by atoms with E-state index >= 15 is 0 Å². The van der Waals surface area contributed by atoms with E-state index in [1.54, 1.807) is 11.8 Å². The van der Waals surface area contributed by atoms with Gasteiger partial charge in [0.1, 0.15) is 0 Å². The van der Waals surface area contributed by atoms with E-state index in [-0.39, 0.29) is 5.41 Å². The highest BCUT2D eigenvalue weighted by molar-refractivity contribution is 5.35. The highest BCUT2D eigenvalue weighted by atomic mass is 16.5. The van der Waals surface area contributed by atoms with Crippen molar-refractivity contribution < 1.29 is 9.47 Å². The summed E-state index contributed by atoms with van der Waals surface area (Å²) >= 11 is 0. The van der Waals surface area contributed by atoms with Gasteiger partial charge in [-0.05, 0) is 37.8 Å². The van der Waals surface area contributed by atoms with Crippen LogP contribution in [0.4, 0.5) is 0 Å². The molecule has 3 rings (SSSR count). The fourth-order valence-electron chi connectivity index (χ4n) is 4.04. The van der Waals surface area contributed by atoms with Gasteiger partial charge in [-0.2, -0.15) is 5.10 Å². The number of ether oxygens (including phenoxy) is 2. The molecule has 0 amide bonds. The van der Waals surface area contributed by atoms with Gasteiger partial charge in [-0.3, -0.25) is 0 Å². The van der Waals surface area contributed by atoms with Gasteiger partial charge in [0.2, 0.25) is 5.88 Å². The third-order valence-electron chi connectivity index (χ3n) is 5.41. The Kier molecular flexibility index (Phi) is 5.45. The topological polar surface area (TPSA) is 48.3 Å². The quantitative estimate of drug-likeness (QED) is 0.876. The average Bonchev–Trinajstić information content (AvgIpc) is 2.89. The Bertz CT molecular complexity index is 718. The SMILES string of the molecule is COc1c(CNCC2(c3ccccc3C)CCOCC2)c(C)nn1C. The first kappa shape index (κ1) is 18.0. The Hall–Kier alpha value is -1.85. The van der Waals surface area contributed by atoms with Gasteiger partial charge in [0.15, 0.2) is 0 Å². The number of aryl methyl sites for hydroxylation is 3. The Morgan fingerprint density at radius 2 is 1.96 bits per heavy atom. The molecule has 1 saturated heterocycles. The molecule has 5 nitrogen and oxygen atoms in total. The molecule has 0 saturated carbocycles. The minimum Gasteiger partial charge on any atom is -0.481 e. The van der Waals surface area contributed by atoms with Gasteiger partial charge < -0.3 is 14.8 Å². The molecule has 0 atom stereocenters. The Morgan fingerprint density at radius 1 is 1.24 bits per heavy atom. The van der Waals surface area contributed by atoms with Crippen molar-refractivity contribution in [1.29, 1.82) is 0 Å². The fraction of sp³-hybridized carbons (Fsp3) is 0.550. The molecule has 1 aromatic carbocycles. The third-order valence-corrected chi connectivity index (χ3v) is 5.41. The summed E-state index contributed by atoms with van der Waals surface area (Å²) in [5.41, 5.74) is 5.09. The second-order valence-electron chi connectivity index (χ2n) is 7.01. The molecule has 1 aliphatic heterocycles. The van der Waals surface area contributed by atoms with Gasteiger partial charge in [-0.1, -0.05) is 24.3 Å². The highest BCUT2D eigenvalue weighted by Gasteiger charge is 2.35. The monoisotopic (exact) mass is 343 g/mol. The lowest BCUT2D eigenvalue weighted by atomic mass is 9.72. The van der Waals surface area contributed by atoms with Crippen molar-refractivity contribution in [1.82, 2.24) is 15.1 Å². The van der Waals surface area contributed by atoms with E-state index < -0.39 is 0 Å². The van der Waals surface area contributed by atoms with Crippen LogP contribution >= 0.6 is 0 Å². The van der Waals surface area contributed by atoms with Crippen LogP contribution in [0.5, 0.6) is 5.88 Å². The Morgan fingerprint density at radius 3 is 2.64 bits per heavy atom. The van der Waals surface area contributed by atoms with Gasteiger partial charge >= 0.3 is 0 Å². The molecule has 1 aromatic heterocycles. The van der Waals surface area contributed by atoms with Gasteiger partial charge in [0, 0.05) is 38.8 Å². The number of nitrogens with zero attached hydrogens (tertiary/aromatic N) is 2. The van der Waals surface area contributed by atoms with E-state index in [9.17, 15) is 0 Å². The Labute approximate surface area is 150 Å². The largest absolute Gasteiger partial charge is 0.481 e. The van der Waals surface area contributed by atoms with Crippen LogP contribution in [-0.2, 0) is 23.7 Å². The molecule has 1 fully saturated rings. The van der Waals surface area contributed by atoms with Crippen molar-refractivity contribution in [3.8, 4) is 5.88 Å². The number of rotatable bonds is 6. The predicted octanol–water partition coefficient (Wildman–Crippen LogP) is 2.88. The first-order chi connectivity index (χ1) is 12.1. The third kappa shape index (κ3) is 3.58. The van der Waals surface area contributed by atoms with Gasteiger partial charge in [-0.25, -0.2) is 4.68 Å². The second-order valence-corrected chi connectivity index (χ2v) is 7.01. The summed E-state index contributed by atoms with van der Waals surface area (Å²) in [4.78, 5) is 0. The molecular weight excluding hydrogens is 314 g/mol. The lowest BCUT2D eigenvalue weighted by Gasteiger charge is -2.39. The number of benzene rings is 1. The molecule has 5 heteroatoms. The average molecular weight is 343 g/mol. The minimum absolute atomic E-state index is 0.132. The molecule has 1 aliphatic rings. The molecule has 0 spiro atoms. The molecular formula is C20H29N3O2. The molecule has 0 radical (unpaired) electrons. The molecule has 0 bridgehead atoms. The minimum atomic E-state index is 0.132. The predicted molar refractivity (Wildman–Crippen MR) is 99.1 cm³/mol. The smallest absolute Gasteiger partial charge is 0.216 e.